The minimum atomic E-state index is -0.696. The lowest BCUT2D eigenvalue weighted by Gasteiger charge is -2.13. The lowest BCUT2D eigenvalue weighted by Crippen LogP contribution is -2.34. The van der Waals surface area contributed by atoms with E-state index in [1.54, 1.807) is 30.3 Å². The van der Waals surface area contributed by atoms with Crippen LogP contribution in [0.2, 0.25) is 0 Å². The molecule has 0 atom stereocenters. The Labute approximate surface area is 159 Å². The number of nitrogens with one attached hydrogen (secondary N) is 1. The topological polar surface area (TPSA) is 130 Å². The van der Waals surface area contributed by atoms with Crippen molar-refractivity contribution in [1.29, 1.82) is 0 Å². The highest BCUT2D eigenvalue weighted by Crippen LogP contribution is 2.29. The van der Waals surface area contributed by atoms with Crippen LogP contribution in [0.5, 0.6) is 0 Å². The third kappa shape index (κ3) is 3.64. The fraction of sp³-hybridized carbons (Fsp3) is 0.105. The molecule has 2 aromatic carbocycles. The molecule has 0 aromatic heterocycles. The Bertz CT molecular complexity index is 1000. The van der Waals surface area contributed by atoms with E-state index >= 15 is 0 Å². The molecule has 2 amide bonds. The summed E-state index contributed by atoms with van der Waals surface area (Å²) in [6.45, 7) is -0.568. The highest BCUT2D eigenvalue weighted by atomic mass is 16.6. The highest BCUT2D eigenvalue weighted by molar-refractivity contribution is 6.17. The van der Waals surface area contributed by atoms with Crippen LogP contribution in [-0.4, -0.2) is 45.7 Å². The average Bonchev–Trinajstić information content (AvgIpc) is 2.96. The minimum absolute atomic E-state index is 0.0344. The van der Waals surface area contributed by atoms with E-state index < -0.39 is 29.0 Å². The van der Waals surface area contributed by atoms with Gasteiger partial charge in [-0.25, -0.2) is 0 Å². The maximum absolute atomic E-state index is 12.5. The first-order valence-corrected chi connectivity index (χ1v) is 8.26. The molecule has 0 aliphatic carbocycles. The van der Waals surface area contributed by atoms with E-state index in [1.165, 1.54) is 12.1 Å². The molecule has 0 bridgehead atoms. The Kier molecular flexibility index (Phi) is 5.28. The van der Waals surface area contributed by atoms with Gasteiger partial charge in [0.15, 0.2) is 5.78 Å². The number of nitro benzene ring substituents is 1. The van der Waals surface area contributed by atoms with Crippen molar-refractivity contribution >= 4 is 29.0 Å². The van der Waals surface area contributed by atoms with Crippen LogP contribution < -0.4 is 5.32 Å². The summed E-state index contributed by atoms with van der Waals surface area (Å²) < 4.78 is 0. The van der Waals surface area contributed by atoms with Crippen molar-refractivity contribution in [2.45, 2.75) is 0 Å². The smallest absolute Gasteiger partial charge is 0.293 e. The number of carbonyl (C=O) groups is 3. The lowest BCUT2D eigenvalue weighted by atomic mass is 10.0. The number of β-amino-alcohol motifs (C(OH)–C–C–N with tert-alkyl or cyclic N) is 1. The van der Waals surface area contributed by atoms with Crippen molar-refractivity contribution in [3.05, 3.63) is 81.5 Å². The number of nitro groups is 1. The Morgan fingerprint density at radius 1 is 1.11 bits per heavy atom. The van der Waals surface area contributed by atoms with Gasteiger partial charge in [0.2, 0.25) is 0 Å². The number of hydrogen-bond donors (Lipinski definition) is 2. The lowest BCUT2D eigenvalue weighted by molar-refractivity contribution is -0.383. The van der Waals surface area contributed by atoms with E-state index in [0.29, 0.717) is 5.56 Å². The summed E-state index contributed by atoms with van der Waals surface area (Å²) >= 11 is 0. The van der Waals surface area contributed by atoms with Crippen LogP contribution in [0.1, 0.15) is 15.9 Å². The molecule has 142 valence electrons. The van der Waals surface area contributed by atoms with Crippen LogP contribution >= 0.6 is 0 Å². The van der Waals surface area contributed by atoms with E-state index in [-0.39, 0.29) is 29.3 Å². The van der Waals surface area contributed by atoms with Gasteiger partial charge in [-0.1, -0.05) is 30.3 Å². The average molecular weight is 381 g/mol. The highest BCUT2D eigenvalue weighted by Gasteiger charge is 2.32. The van der Waals surface area contributed by atoms with Crippen LogP contribution in [0, 0.1) is 10.1 Å². The van der Waals surface area contributed by atoms with Gasteiger partial charge in [-0.2, -0.15) is 0 Å². The molecule has 3 rings (SSSR count). The summed E-state index contributed by atoms with van der Waals surface area (Å²) in [5, 5.41) is 23.0. The number of carbonyl (C=O) groups excluding carboxylic acids is 3. The SMILES string of the molecule is O=C(c1ccccc1)c1ccc(NC2=CC(=O)N(CCO)C2=O)c([N+](=O)[O-])c1. The number of imide groups is 1. The fourth-order valence-corrected chi connectivity index (χ4v) is 2.74. The van der Waals surface area contributed by atoms with Gasteiger partial charge >= 0.3 is 0 Å². The normalized spacial score (nSPS) is 13.5. The zero-order chi connectivity index (χ0) is 20.3. The third-order valence-corrected chi connectivity index (χ3v) is 4.09. The molecule has 1 heterocycles. The van der Waals surface area contributed by atoms with E-state index in [1.807, 2.05) is 0 Å². The Morgan fingerprint density at radius 3 is 2.46 bits per heavy atom. The van der Waals surface area contributed by atoms with Crippen molar-refractivity contribution in [3.63, 3.8) is 0 Å². The van der Waals surface area contributed by atoms with Gasteiger partial charge in [0.05, 0.1) is 18.1 Å². The molecule has 0 fully saturated rings. The number of aliphatic hydroxyl groups excluding tert-OH is 1. The number of benzene rings is 2. The first-order chi connectivity index (χ1) is 13.4. The molecular formula is C19H15N3O6. The zero-order valence-electron chi connectivity index (χ0n) is 14.5. The number of anilines is 1. The summed E-state index contributed by atoms with van der Waals surface area (Å²) in [5.74, 6) is -1.70. The molecule has 0 saturated heterocycles. The number of ketones is 1. The van der Waals surface area contributed by atoms with E-state index in [9.17, 15) is 24.5 Å². The zero-order valence-corrected chi connectivity index (χ0v) is 14.5. The van der Waals surface area contributed by atoms with Gasteiger partial charge < -0.3 is 10.4 Å². The molecule has 2 aromatic rings. The van der Waals surface area contributed by atoms with Gasteiger partial charge in [-0.15, -0.1) is 0 Å². The third-order valence-electron chi connectivity index (χ3n) is 4.09. The molecule has 2 N–H and O–H groups in total. The Balaban J connectivity index is 1.90. The maximum Gasteiger partial charge on any atom is 0.293 e. The van der Waals surface area contributed by atoms with E-state index in [0.717, 1.165) is 17.0 Å². The number of hydrogen-bond acceptors (Lipinski definition) is 7. The predicted octanol–water partition coefficient (Wildman–Crippen LogP) is 1.48. The van der Waals surface area contributed by atoms with Crippen LogP contribution in [0.4, 0.5) is 11.4 Å². The maximum atomic E-state index is 12.5. The molecule has 9 heteroatoms. The molecule has 0 spiro atoms. The monoisotopic (exact) mass is 381 g/mol. The summed E-state index contributed by atoms with van der Waals surface area (Å²) in [7, 11) is 0. The number of nitrogens with zero attached hydrogens (tertiary/aromatic N) is 2. The first kappa shape index (κ1) is 18.9. The minimum Gasteiger partial charge on any atom is -0.395 e. The number of aliphatic hydroxyl groups is 1. The van der Waals surface area contributed by atoms with Crippen LogP contribution in [-0.2, 0) is 9.59 Å². The largest absolute Gasteiger partial charge is 0.395 e. The standard InChI is InChI=1S/C19H15N3O6/c23-9-8-21-17(24)11-15(19(21)26)20-14-7-6-13(10-16(14)22(27)28)18(25)12-4-2-1-3-5-12/h1-7,10-11,20,23H,8-9H2. The molecule has 0 saturated carbocycles. The fourth-order valence-electron chi connectivity index (χ4n) is 2.74. The predicted molar refractivity (Wildman–Crippen MR) is 98.5 cm³/mol. The van der Waals surface area contributed by atoms with Gasteiger partial charge in [-0.05, 0) is 12.1 Å². The molecule has 1 aliphatic heterocycles. The van der Waals surface area contributed by atoms with Crippen molar-refractivity contribution in [2.24, 2.45) is 0 Å². The molecule has 9 nitrogen and oxygen atoms in total. The van der Waals surface area contributed by atoms with Crippen LogP contribution in [0.3, 0.4) is 0 Å². The molecule has 28 heavy (non-hydrogen) atoms. The quantitative estimate of drug-likeness (QED) is 0.321. The van der Waals surface area contributed by atoms with Gasteiger partial charge in [0.25, 0.3) is 17.5 Å². The van der Waals surface area contributed by atoms with Gasteiger partial charge in [0.1, 0.15) is 11.4 Å². The van der Waals surface area contributed by atoms with Crippen molar-refractivity contribution in [3.8, 4) is 0 Å². The summed E-state index contributed by atoms with van der Waals surface area (Å²) in [6.07, 6.45) is 1.00. The van der Waals surface area contributed by atoms with Gasteiger partial charge in [-0.3, -0.25) is 29.4 Å². The van der Waals surface area contributed by atoms with E-state index in [2.05, 4.69) is 5.32 Å². The number of rotatable bonds is 7. The number of amides is 2. The van der Waals surface area contributed by atoms with Crippen LogP contribution in [0.15, 0.2) is 60.3 Å². The van der Waals surface area contributed by atoms with Crippen molar-refractivity contribution < 1.29 is 24.4 Å². The van der Waals surface area contributed by atoms with Gasteiger partial charge in [0, 0.05) is 23.3 Å². The second-order valence-electron chi connectivity index (χ2n) is 5.89. The second kappa shape index (κ2) is 7.80. The summed E-state index contributed by atoms with van der Waals surface area (Å²) in [4.78, 5) is 48.1. The molecule has 0 unspecified atom stereocenters. The van der Waals surface area contributed by atoms with Crippen molar-refractivity contribution in [1.82, 2.24) is 4.90 Å². The van der Waals surface area contributed by atoms with Crippen LogP contribution in [0.25, 0.3) is 0 Å². The van der Waals surface area contributed by atoms with Crippen molar-refractivity contribution in [2.75, 3.05) is 18.5 Å². The molecule has 0 radical (unpaired) electrons. The first-order valence-electron chi connectivity index (χ1n) is 8.26. The Morgan fingerprint density at radius 2 is 1.82 bits per heavy atom. The van der Waals surface area contributed by atoms with E-state index in [4.69, 9.17) is 5.11 Å². The Hall–Kier alpha value is -3.85. The molecule has 1 aliphatic rings. The summed E-state index contributed by atoms with van der Waals surface area (Å²) in [5.41, 5.74) is -0.0929. The molecular weight excluding hydrogens is 366 g/mol. The second-order valence-corrected chi connectivity index (χ2v) is 5.89. The summed E-state index contributed by atoms with van der Waals surface area (Å²) in [6, 6.07) is 12.1.